The van der Waals surface area contributed by atoms with Gasteiger partial charge < -0.3 is 44.1 Å². The average molecular weight is 432 g/mol. The smallest absolute Gasteiger partial charge is 0.337 e. The van der Waals surface area contributed by atoms with Gasteiger partial charge in [0.15, 0.2) is 6.29 Å². The minimum atomic E-state index is -1.72. The first-order valence-corrected chi connectivity index (χ1v) is 9.25. The van der Waals surface area contributed by atoms with Crippen molar-refractivity contribution >= 4 is 17.7 Å². The summed E-state index contributed by atoms with van der Waals surface area (Å²) >= 11 is 0. The minimum Gasteiger partial charge on any atom is -0.471 e. The van der Waals surface area contributed by atoms with Crippen LogP contribution in [0.3, 0.4) is 0 Å². The molecule has 12 heteroatoms. The molecule has 2 fully saturated rings. The van der Waals surface area contributed by atoms with Gasteiger partial charge in [-0.3, -0.25) is 9.59 Å². The first-order valence-electron chi connectivity index (χ1n) is 9.25. The lowest BCUT2D eigenvalue weighted by atomic mass is 9.82. The summed E-state index contributed by atoms with van der Waals surface area (Å²) in [6, 6.07) is 0. The molecule has 0 amide bonds. The maximum atomic E-state index is 12.6. The second kappa shape index (κ2) is 8.96. The van der Waals surface area contributed by atoms with Crippen molar-refractivity contribution in [3.05, 3.63) is 11.8 Å². The number of aliphatic hydroxyl groups excluding tert-OH is 4. The molecule has 0 spiro atoms. The molecule has 30 heavy (non-hydrogen) atoms. The van der Waals surface area contributed by atoms with Crippen LogP contribution in [0.2, 0.25) is 0 Å². The summed E-state index contributed by atoms with van der Waals surface area (Å²) in [5, 5.41) is 39.3. The van der Waals surface area contributed by atoms with Gasteiger partial charge >= 0.3 is 11.9 Å². The zero-order valence-electron chi connectivity index (χ0n) is 16.2. The number of hydrogen-bond acceptors (Lipinski definition) is 12. The number of ether oxygens (including phenoxy) is 5. The van der Waals surface area contributed by atoms with Crippen LogP contribution in [-0.4, -0.2) is 96.0 Å². The number of carbonyl (C=O) groups is 3. The number of esters is 2. The fourth-order valence-corrected chi connectivity index (χ4v) is 4.08. The first kappa shape index (κ1) is 22.6. The average Bonchev–Trinajstić information content (AvgIpc) is 3.10. The molecule has 2 heterocycles. The molecular formula is C18H24O12. The van der Waals surface area contributed by atoms with E-state index in [1.807, 2.05) is 0 Å². The van der Waals surface area contributed by atoms with Crippen LogP contribution in [-0.2, 0) is 38.1 Å². The van der Waals surface area contributed by atoms with E-state index in [-0.39, 0.29) is 12.0 Å². The molecule has 12 nitrogen and oxygen atoms in total. The number of carbonyl (C=O) groups excluding carboxylic acids is 3. The summed E-state index contributed by atoms with van der Waals surface area (Å²) in [5.74, 6) is -5.03. The number of methoxy groups -OCH3 is 2. The lowest BCUT2D eigenvalue weighted by Gasteiger charge is -2.42. The normalized spacial score (nSPS) is 40.8. The van der Waals surface area contributed by atoms with Gasteiger partial charge in [0, 0.05) is 12.3 Å². The Morgan fingerprint density at radius 1 is 1.10 bits per heavy atom. The van der Waals surface area contributed by atoms with Crippen LogP contribution in [0.4, 0.5) is 0 Å². The van der Waals surface area contributed by atoms with Crippen LogP contribution in [0.5, 0.6) is 0 Å². The second-order valence-corrected chi connectivity index (χ2v) is 7.26. The molecule has 1 unspecified atom stereocenters. The number of ketones is 1. The maximum absolute atomic E-state index is 12.6. The molecule has 168 valence electrons. The highest BCUT2D eigenvalue weighted by Crippen LogP contribution is 2.46. The molecule has 1 saturated heterocycles. The zero-order valence-corrected chi connectivity index (χ0v) is 16.2. The molecule has 0 radical (unpaired) electrons. The highest BCUT2D eigenvalue weighted by molar-refractivity contribution is 6.01. The zero-order chi connectivity index (χ0) is 22.2. The van der Waals surface area contributed by atoms with Crippen LogP contribution >= 0.6 is 0 Å². The third kappa shape index (κ3) is 3.82. The van der Waals surface area contributed by atoms with E-state index in [0.29, 0.717) is 0 Å². The van der Waals surface area contributed by atoms with Gasteiger partial charge in [0.1, 0.15) is 30.2 Å². The van der Waals surface area contributed by atoms with Crippen molar-refractivity contribution in [2.75, 3.05) is 20.8 Å². The minimum absolute atomic E-state index is 0.0902. The molecule has 0 bridgehead atoms. The van der Waals surface area contributed by atoms with E-state index in [0.717, 1.165) is 20.5 Å². The van der Waals surface area contributed by atoms with E-state index in [2.05, 4.69) is 4.74 Å². The Hall–Kier alpha value is -2.09. The van der Waals surface area contributed by atoms with E-state index < -0.39 is 79.1 Å². The predicted molar refractivity (Wildman–Crippen MR) is 91.9 cm³/mol. The summed E-state index contributed by atoms with van der Waals surface area (Å²) in [6.07, 6.45) is -8.38. The summed E-state index contributed by atoms with van der Waals surface area (Å²) in [6.45, 7) is -0.669. The van der Waals surface area contributed by atoms with Crippen molar-refractivity contribution in [2.45, 2.75) is 43.4 Å². The molecule has 3 aliphatic rings. The second-order valence-electron chi connectivity index (χ2n) is 7.26. The number of rotatable bonds is 5. The van der Waals surface area contributed by atoms with E-state index in [1.54, 1.807) is 0 Å². The van der Waals surface area contributed by atoms with Crippen molar-refractivity contribution in [1.29, 1.82) is 0 Å². The SMILES string of the molecule is COC(=O)C1=CO[C@H](O[C@@H]2O[C@H](CO)[C@@H](O)[C@H](O)[C@H]2O)C2[C@H]1C(=O)C[C@H]2C(=O)OC. The Bertz CT molecular complexity index is 718. The fraction of sp³-hybridized carbons (Fsp3) is 0.722. The highest BCUT2D eigenvalue weighted by atomic mass is 16.8. The monoisotopic (exact) mass is 432 g/mol. The van der Waals surface area contributed by atoms with Gasteiger partial charge in [0.2, 0.25) is 6.29 Å². The third-order valence-corrected chi connectivity index (χ3v) is 5.64. The number of Topliss-reactive ketones (excluding diaryl/α,β-unsaturated/α-hetero) is 1. The van der Waals surface area contributed by atoms with Crippen molar-refractivity contribution < 1.29 is 58.5 Å². The van der Waals surface area contributed by atoms with E-state index in [1.165, 1.54) is 0 Å². The molecule has 0 aromatic rings. The summed E-state index contributed by atoms with van der Waals surface area (Å²) < 4.78 is 25.8. The van der Waals surface area contributed by atoms with Gasteiger partial charge in [-0.25, -0.2) is 4.79 Å². The maximum Gasteiger partial charge on any atom is 0.337 e. The molecule has 4 N–H and O–H groups in total. The predicted octanol–water partition coefficient (Wildman–Crippen LogP) is -2.79. The van der Waals surface area contributed by atoms with Crippen molar-refractivity contribution in [2.24, 2.45) is 17.8 Å². The van der Waals surface area contributed by atoms with Crippen LogP contribution in [0, 0.1) is 17.8 Å². The number of hydrogen-bond donors (Lipinski definition) is 4. The number of aliphatic hydroxyl groups is 4. The van der Waals surface area contributed by atoms with Gasteiger partial charge in [0.05, 0.1) is 44.5 Å². The molecule has 0 aromatic heterocycles. The Kier molecular flexibility index (Phi) is 6.75. The van der Waals surface area contributed by atoms with Crippen LogP contribution < -0.4 is 0 Å². The van der Waals surface area contributed by atoms with Crippen molar-refractivity contribution in [3.8, 4) is 0 Å². The van der Waals surface area contributed by atoms with Gasteiger partial charge in [-0.05, 0) is 0 Å². The first-order chi connectivity index (χ1) is 14.2. The number of fused-ring (bicyclic) bond motifs is 1. The summed E-state index contributed by atoms with van der Waals surface area (Å²) in [5.41, 5.74) is -0.0902. The Morgan fingerprint density at radius 3 is 2.40 bits per heavy atom. The fourth-order valence-electron chi connectivity index (χ4n) is 4.08. The molecule has 1 aliphatic carbocycles. The summed E-state index contributed by atoms with van der Waals surface area (Å²) in [4.78, 5) is 36.9. The Balaban J connectivity index is 1.90. The lowest BCUT2D eigenvalue weighted by Crippen LogP contribution is -2.60. The van der Waals surface area contributed by atoms with Crippen molar-refractivity contribution in [3.63, 3.8) is 0 Å². The van der Waals surface area contributed by atoms with E-state index >= 15 is 0 Å². The van der Waals surface area contributed by atoms with E-state index in [4.69, 9.17) is 18.9 Å². The molecule has 1 saturated carbocycles. The Labute approximate surface area is 170 Å². The van der Waals surface area contributed by atoms with Gasteiger partial charge in [0.25, 0.3) is 0 Å². The molecular weight excluding hydrogens is 408 g/mol. The molecule has 0 aromatic carbocycles. The lowest BCUT2D eigenvalue weighted by molar-refractivity contribution is -0.342. The molecule has 9 atom stereocenters. The van der Waals surface area contributed by atoms with Gasteiger partial charge in [-0.15, -0.1) is 0 Å². The van der Waals surface area contributed by atoms with Crippen molar-refractivity contribution in [1.82, 2.24) is 0 Å². The van der Waals surface area contributed by atoms with Gasteiger partial charge in [-0.1, -0.05) is 0 Å². The molecule has 3 rings (SSSR count). The molecule has 2 aliphatic heterocycles. The standard InChI is InChI=1S/C18H24O12/c1-26-15(24)6-3-8(20)10-7(16(25)27-2)5-28-17(11(6)10)30-18-14(23)13(22)12(21)9(4-19)29-18/h5-6,9-14,17-19,21-23H,3-4H2,1-2H3/t6-,9-,10-,11?,12-,13+,14-,17-,18+/m1/s1. The van der Waals surface area contributed by atoms with Gasteiger partial charge in [-0.2, -0.15) is 0 Å². The third-order valence-electron chi connectivity index (χ3n) is 5.64. The summed E-state index contributed by atoms with van der Waals surface area (Å²) in [7, 11) is 2.28. The highest BCUT2D eigenvalue weighted by Gasteiger charge is 2.57. The van der Waals surface area contributed by atoms with Crippen LogP contribution in [0.25, 0.3) is 0 Å². The topological polar surface area (TPSA) is 178 Å². The van der Waals surface area contributed by atoms with Crippen LogP contribution in [0.1, 0.15) is 6.42 Å². The largest absolute Gasteiger partial charge is 0.471 e. The quantitative estimate of drug-likeness (QED) is 0.329. The Morgan fingerprint density at radius 2 is 1.80 bits per heavy atom. The van der Waals surface area contributed by atoms with E-state index in [9.17, 15) is 34.8 Å². The van der Waals surface area contributed by atoms with Crippen LogP contribution in [0.15, 0.2) is 11.8 Å².